The molecule has 2 atom stereocenters. The van der Waals surface area contributed by atoms with Crippen molar-refractivity contribution in [2.24, 2.45) is 0 Å². The van der Waals surface area contributed by atoms with Gasteiger partial charge in [-0.3, -0.25) is 4.98 Å². The van der Waals surface area contributed by atoms with Crippen LogP contribution in [0.25, 0.3) is 0 Å². The number of nitrogens with zero attached hydrogens (tertiary/aromatic N) is 1. The first-order valence-electron chi connectivity index (χ1n) is 4.67. The van der Waals surface area contributed by atoms with Gasteiger partial charge in [-0.15, -0.1) is 0 Å². The van der Waals surface area contributed by atoms with Crippen LogP contribution in [0.2, 0.25) is 0 Å². The summed E-state index contributed by atoms with van der Waals surface area (Å²) in [6.45, 7) is 0.915. The first-order valence-corrected chi connectivity index (χ1v) is 4.67. The number of aliphatic hydroxyl groups excluding tert-OH is 1. The molecule has 1 aliphatic heterocycles. The van der Waals surface area contributed by atoms with E-state index in [1.54, 1.807) is 6.20 Å². The van der Waals surface area contributed by atoms with E-state index < -0.39 is 0 Å². The summed E-state index contributed by atoms with van der Waals surface area (Å²) in [4.78, 5) is 4.23. The van der Waals surface area contributed by atoms with Crippen LogP contribution in [0.15, 0.2) is 24.4 Å². The summed E-state index contributed by atoms with van der Waals surface area (Å²) < 4.78 is 0. The molecule has 0 spiro atoms. The van der Waals surface area contributed by atoms with Crippen LogP contribution >= 0.6 is 0 Å². The molecule has 0 saturated carbocycles. The molecule has 1 aromatic rings. The zero-order valence-electron chi connectivity index (χ0n) is 7.48. The number of hydrogen-bond acceptors (Lipinski definition) is 3. The fourth-order valence-corrected chi connectivity index (χ4v) is 1.71. The summed E-state index contributed by atoms with van der Waals surface area (Å²) >= 11 is 0. The lowest BCUT2D eigenvalue weighted by molar-refractivity contribution is 0.158. The van der Waals surface area contributed by atoms with E-state index in [-0.39, 0.29) is 12.1 Å². The second-order valence-electron chi connectivity index (χ2n) is 3.44. The minimum Gasteiger partial charge on any atom is -0.391 e. The lowest BCUT2D eigenvalue weighted by Gasteiger charge is -2.13. The maximum Gasteiger partial charge on any atom is 0.0709 e. The Morgan fingerprint density at radius 3 is 3.08 bits per heavy atom. The Hall–Kier alpha value is -0.930. The molecule has 1 saturated heterocycles. The Morgan fingerprint density at radius 2 is 2.46 bits per heavy atom. The van der Waals surface area contributed by atoms with Crippen molar-refractivity contribution in [3.63, 3.8) is 0 Å². The quantitative estimate of drug-likeness (QED) is 0.686. The molecular formula is C10H14N2O. The first-order chi connectivity index (χ1) is 6.36. The molecule has 0 aliphatic carbocycles. The molecule has 1 fully saturated rings. The molecule has 2 N–H and O–H groups in total. The Morgan fingerprint density at radius 1 is 1.54 bits per heavy atom. The second kappa shape index (κ2) is 3.85. The fourth-order valence-electron chi connectivity index (χ4n) is 1.71. The minimum atomic E-state index is -0.206. The number of pyridine rings is 1. The average Bonchev–Trinajstić information content (AvgIpc) is 2.54. The lowest BCUT2D eigenvalue weighted by atomic mass is 10.1. The van der Waals surface area contributed by atoms with Gasteiger partial charge in [0.15, 0.2) is 0 Å². The van der Waals surface area contributed by atoms with Crippen molar-refractivity contribution in [1.82, 2.24) is 10.3 Å². The van der Waals surface area contributed by atoms with E-state index in [1.165, 1.54) is 0 Å². The number of hydrogen-bond donors (Lipinski definition) is 2. The summed E-state index contributed by atoms with van der Waals surface area (Å²) in [6.07, 6.45) is 3.26. The standard InChI is InChI=1S/C10H14N2O/c13-10-4-6-12-9(10)7-8-3-1-2-5-11-8/h1-3,5,9-10,12-13H,4,6-7H2. The van der Waals surface area contributed by atoms with Crippen molar-refractivity contribution in [1.29, 1.82) is 0 Å². The molecule has 1 aliphatic rings. The summed E-state index contributed by atoms with van der Waals surface area (Å²) in [6, 6.07) is 6.06. The molecule has 1 aromatic heterocycles. The van der Waals surface area contributed by atoms with Crippen LogP contribution in [0.4, 0.5) is 0 Å². The normalized spacial score (nSPS) is 27.8. The van der Waals surface area contributed by atoms with Gasteiger partial charge in [0.25, 0.3) is 0 Å². The lowest BCUT2D eigenvalue weighted by Crippen LogP contribution is -2.32. The van der Waals surface area contributed by atoms with Crippen LogP contribution in [0, 0.1) is 0 Å². The number of rotatable bonds is 2. The number of nitrogens with one attached hydrogen (secondary N) is 1. The fraction of sp³-hybridized carbons (Fsp3) is 0.500. The zero-order chi connectivity index (χ0) is 9.10. The third-order valence-electron chi connectivity index (χ3n) is 2.47. The molecule has 70 valence electrons. The van der Waals surface area contributed by atoms with E-state index in [9.17, 15) is 5.11 Å². The van der Waals surface area contributed by atoms with Crippen molar-refractivity contribution in [2.75, 3.05) is 6.54 Å². The van der Waals surface area contributed by atoms with Crippen LogP contribution in [0.1, 0.15) is 12.1 Å². The van der Waals surface area contributed by atoms with Crippen molar-refractivity contribution < 1.29 is 5.11 Å². The molecule has 13 heavy (non-hydrogen) atoms. The third kappa shape index (κ3) is 2.05. The van der Waals surface area contributed by atoms with Gasteiger partial charge >= 0.3 is 0 Å². The zero-order valence-corrected chi connectivity index (χ0v) is 7.48. The second-order valence-corrected chi connectivity index (χ2v) is 3.44. The van der Waals surface area contributed by atoms with Gasteiger partial charge in [0, 0.05) is 24.4 Å². The van der Waals surface area contributed by atoms with Crippen molar-refractivity contribution in [2.45, 2.75) is 25.0 Å². The van der Waals surface area contributed by atoms with Gasteiger partial charge in [-0.05, 0) is 25.1 Å². The first kappa shape index (κ1) is 8.66. The smallest absolute Gasteiger partial charge is 0.0709 e. The van der Waals surface area contributed by atoms with Gasteiger partial charge in [-0.1, -0.05) is 6.07 Å². The SMILES string of the molecule is OC1CCNC1Cc1ccccn1. The molecule has 2 rings (SSSR count). The van der Waals surface area contributed by atoms with Crippen LogP contribution < -0.4 is 5.32 Å². The minimum absolute atomic E-state index is 0.190. The maximum absolute atomic E-state index is 9.56. The van der Waals surface area contributed by atoms with Crippen molar-refractivity contribution in [3.05, 3.63) is 30.1 Å². The molecule has 0 radical (unpaired) electrons. The van der Waals surface area contributed by atoms with Gasteiger partial charge in [0.1, 0.15) is 0 Å². The molecule has 3 nitrogen and oxygen atoms in total. The van der Waals surface area contributed by atoms with Crippen LogP contribution in [-0.4, -0.2) is 28.8 Å². The van der Waals surface area contributed by atoms with Crippen LogP contribution in [0.3, 0.4) is 0 Å². The third-order valence-corrected chi connectivity index (χ3v) is 2.47. The molecule has 2 heterocycles. The highest BCUT2D eigenvalue weighted by Gasteiger charge is 2.24. The summed E-state index contributed by atoms with van der Waals surface area (Å²) in [5.74, 6) is 0. The predicted octanol–water partition coefficient (Wildman–Crippen LogP) is 0.347. The molecular weight excluding hydrogens is 164 g/mol. The highest BCUT2D eigenvalue weighted by Crippen LogP contribution is 2.10. The molecule has 0 bridgehead atoms. The largest absolute Gasteiger partial charge is 0.391 e. The Bertz CT molecular complexity index is 263. The summed E-state index contributed by atoms with van der Waals surface area (Å²) in [5, 5.41) is 12.8. The maximum atomic E-state index is 9.56. The summed E-state index contributed by atoms with van der Waals surface area (Å²) in [5.41, 5.74) is 1.04. The Labute approximate surface area is 77.8 Å². The Balaban J connectivity index is 1.98. The van der Waals surface area contributed by atoms with E-state index in [2.05, 4.69) is 10.3 Å². The average molecular weight is 178 g/mol. The van der Waals surface area contributed by atoms with Gasteiger partial charge in [-0.2, -0.15) is 0 Å². The van der Waals surface area contributed by atoms with Crippen molar-refractivity contribution in [3.8, 4) is 0 Å². The molecule has 2 unspecified atom stereocenters. The van der Waals surface area contributed by atoms with E-state index >= 15 is 0 Å². The van der Waals surface area contributed by atoms with Gasteiger partial charge in [0.05, 0.1) is 6.10 Å². The molecule has 0 amide bonds. The van der Waals surface area contributed by atoms with E-state index in [1.807, 2.05) is 18.2 Å². The van der Waals surface area contributed by atoms with Gasteiger partial charge in [0.2, 0.25) is 0 Å². The van der Waals surface area contributed by atoms with E-state index in [0.29, 0.717) is 0 Å². The number of aromatic nitrogens is 1. The highest BCUT2D eigenvalue weighted by molar-refractivity contribution is 5.06. The van der Waals surface area contributed by atoms with Gasteiger partial charge in [-0.25, -0.2) is 0 Å². The highest BCUT2D eigenvalue weighted by atomic mass is 16.3. The van der Waals surface area contributed by atoms with E-state index in [0.717, 1.165) is 25.1 Å². The molecule has 3 heteroatoms. The van der Waals surface area contributed by atoms with Crippen LogP contribution in [-0.2, 0) is 6.42 Å². The van der Waals surface area contributed by atoms with Crippen molar-refractivity contribution >= 4 is 0 Å². The monoisotopic (exact) mass is 178 g/mol. The predicted molar refractivity (Wildman–Crippen MR) is 50.4 cm³/mol. The molecule has 0 aromatic carbocycles. The summed E-state index contributed by atoms with van der Waals surface area (Å²) in [7, 11) is 0. The topological polar surface area (TPSA) is 45.1 Å². The Kier molecular flexibility index (Phi) is 2.57. The van der Waals surface area contributed by atoms with Crippen LogP contribution in [0.5, 0.6) is 0 Å². The van der Waals surface area contributed by atoms with Gasteiger partial charge < -0.3 is 10.4 Å². The van der Waals surface area contributed by atoms with E-state index in [4.69, 9.17) is 0 Å². The number of aliphatic hydroxyl groups is 1.